The van der Waals surface area contributed by atoms with E-state index in [2.05, 4.69) is 0 Å². The van der Waals surface area contributed by atoms with Crippen LogP contribution in [0.2, 0.25) is 0 Å². The van der Waals surface area contributed by atoms with E-state index in [-0.39, 0.29) is 15.7 Å². The summed E-state index contributed by atoms with van der Waals surface area (Å²) in [6.45, 7) is 1.39. The molecule has 7 heteroatoms. The van der Waals surface area contributed by atoms with Gasteiger partial charge in [0.05, 0.1) is 6.10 Å². The standard InChI is InChI=1S/C14H14O5S2/c1-7(15)20-6-10(16)13(17)8-3-2-4-11-9(8)5-12(21-11)14(18)19/h2-5,10,13,16-17H,6H2,1H3,(H,18,19). The molecule has 2 atom stereocenters. The number of hydrogen-bond acceptors (Lipinski definition) is 6. The highest BCUT2D eigenvalue weighted by Crippen LogP contribution is 2.33. The first-order valence-corrected chi connectivity index (χ1v) is 7.95. The molecule has 0 radical (unpaired) electrons. The third-order valence-electron chi connectivity index (χ3n) is 2.95. The summed E-state index contributed by atoms with van der Waals surface area (Å²) in [5, 5.41) is 29.7. The van der Waals surface area contributed by atoms with Crippen LogP contribution in [0.15, 0.2) is 24.3 Å². The van der Waals surface area contributed by atoms with E-state index >= 15 is 0 Å². The number of carbonyl (C=O) groups is 2. The number of benzene rings is 1. The number of thiophene rings is 1. The fourth-order valence-electron chi connectivity index (χ4n) is 1.95. The van der Waals surface area contributed by atoms with Gasteiger partial charge in [0.1, 0.15) is 11.0 Å². The van der Waals surface area contributed by atoms with Gasteiger partial charge in [-0.05, 0) is 23.1 Å². The third kappa shape index (κ3) is 3.62. The predicted molar refractivity (Wildman–Crippen MR) is 82.9 cm³/mol. The smallest absolute Gasteiger partial charge is 0.345 e. The van der Waals surface area contributed by atoms with Crippen LogP contribution >= 0.6 is 23.1 Å². The van der Waals surface area contributed by atoms with Crippen molar-refractivity contribution >= 4 is 44.3 Å². The topological polar surface area (TPSA) is 94.8 Å². The molecule has 3 N–H and O–H groups in total. The quantitative estimate of drug-likeness (QED) is 0.780. The Kier molecular flexibility index (Phi) is 5.00. The van der Waals surface area contributed by atoms with Crippen molar-refractivity contribution in [2.45, 2.75) is 19.1 Å². The van der Waals surface area contributed by atoms with Gasteiger partial charge < -0.3 is 15.3 Å². The molecule has 2 unspecified atom stereocenters. The third-order valence-corrected chi connectivity index (χ3v) is 4.95. The molecule has 0 amide bonds. The molecule has 2 rings (SSSR count). The van der Waals surface area contributed by atoms with E-state index in [0.717, 1.165) is 27.8 Å². The molecule has 0 fully saturated rings. The van der Waals surface area contributed by atoms with Gasteiger partial charge in [-0.25, -0.2) is 4.79 Å². The molecule has 2 aromatic rings. The highest BCUT2D eigenvalue weighted by molar-refractivity contribution is 8.13. The average Bonchev–Trinajstić information content (AvgIpc) is 2.87. The zero-order valence-corrected chi connectivity index (χ0v) is 12.8. The minimum Gasteiger partial charge on any atom is -0.477 e. The number of hydrogen-bond donors (Lipinski definition) is 3. The molecule has 0 saturated carbocycles. The minimum atomic E-state index is -1.17. The van der Waals surface area contributed by atoms with Gasteiger partial charge >= 0.3 is 5.97 Å². The second-order valence-electron chi connectivity index (χ2n) is 4.49. The number of aromatic carboxylic acids is 1. The van der Waals surface area contributed by atoms with Gasteiger partial charge in [-0.2, -0.15) is 0 Å². The second kappa shape index (κ2) is 6.57. The molecule has 0 saturated heterocycles. The van der Waals surface area contributed by atoms with Crippen LogP contribution in [0.5, 0.6) is 0 Å². The van der Waals surface area contributed by atoms with Crippen molar-refractivity contribution in [3.8, 4) is 0 Å². The summed E-state index contributed by atoms with van der Waals surface area (Å²) in [7, 11) is 0. The summed E-state index contributed by atoms with van der Waals surface area (Å²) in [6.07, 6.45) is -2.27. The summed E-state index contributed by atoms with van der Waals surface area (Å²) in [5.41, 5.74) is 0.466. The molecular formula is C14H14O5S2. The molecular weight excluding hydrogens is 312 g/mol. The van der Waals surface area contributed by atoms with Crippen LogP contribution in [0, 0.1) is 0 Å². The average molecular weight is 326 g/mol. The summed E-state index contributed by atoms with van der Waals surface area (Å²) in [4.78, 5) is 22.1. The van der Waals surface area contributed by atoms with Crippen LogP contribution in [0.3, 0.4) is 0 Å². The van der Waals surface area contributed by atoms with Crippen molar-refractivity contribution in [1.29, 1.82) is 0 Å². The van der Waals surface area contributed by atoms with Crippen molar-refractivity contribution in [3.05, 3.63) is 34.7 Å². The Morgan fingerprint density at radius 2 is 2.05 bits per heavy atom. The fourth-order valence-corrected chi connectivity index (χ4v) is 3.47. The van der Waals surface area contributed by atoms with Crippen molar-refractivity contribution in [3.63, 3.8) is 0 Å². The zero-order valence-electron chi connectivity index (χ0n) is 11.1. The van der Waals surface area contributed by atoms with Crippen molar-refractivity contribution < 1.29 is 24.9 Å². The van der Waals surface area contributed by atoms with Crippen LogP contribution in [-0.2, 0) is 4.79 Å². The second-order valence-corrected chi connectivity index (χ2v) is 6.77. The van der Waals surface area contributed by atoms with Gasteiger partial charge in [0.25, 0.3) is 0 Å². The van der Waals surface area contributed by atoms with Crippen LogP contribution in [0.4, 0.5) is 0 Å². The maximum absolute atomic E-state index is 11.0. The first-order valence-electron chi connectivity index (χ1n) is 6.15. The number of carbonyl (C=O) groups excluding carboxylic acids is 1. The van der Waals surface area contributed by atoms with E-state index < -0.39 is 18.2 Å². The Balaban J connectivity index is 2.32. The number of carboxylic acid groups (broad SMARTS) is 1. The van der Waals surface area contributed by atoms with Crippen LogP contribution in [-0.4, -0.2) is 38.3 Å². The summed E-state index contributed by atoms with van der Waals surface area (Å²) >= 11 is 2.05. The molecule has 0 aliphatic carbocycles. The van der Waals surface area contributed by atoms with E-state index in [1.165, 1.54) is 13.0 Å². The normalized spacial score (nSPS) is 14.0. The maximum Gasteiger partial charge on any atom is 0.345 e. The molecule has 1 aromatic carbocycles. The Morgan fingerprint density at radius 1 is 1.33 bits per heavy atom. The number of carboxylic acids is 1. The maximum atomic E-state index is 11.0. The van der Waals surface area contributed by atoms with Gasteiger partial charge in [-0.1, -0.05) is 23.9 Å². The lowest BCUT2D eigenvalue weighted by Crippen LogP contribution is -2.21. The van der Waals surface area contributed by atoms with Crippen LogP contribution < -0.4 is 0 Å². The van der Waals surface area contributed by atoms with Gasteiger partial charge in [0.2, 0.25) is 0 Å². The van der Waals surface area contributed by atoms with E-state index in [9.17, 15) is 19.8 Å². The number of rotatable bonds is 5. The first-order chi connectivity index (χ1) is 9.90. The van der Waals surface area contributed by atoms with E-state index in [1.807, 2.05) is 0 Å². The summed E-state index contributed by atoms with van der Waals surface area (Å²) < 4.78 is 0.732. The molecule has 5 nitrogen and oxygen atoms in total. The first kappa shape index (κ1) is 16.0. The lowest BCUT2D eigenvalue weighted by molar-refractivity contribution is -0.109. The molecule has 21 heavy (non-hydrogen) atoms. The van der Waals surface area contributed by atoms with Crippen LogP contribution in [0.1, 0.15) is 28.3 Å². The molecule has 112 valence electrons. The fraction of sp³-hybridized carbons (Fsp3) is 0.286. The predicted octanol–water partition coefficient (Wildman–Crippen LogP) is 2.27. The molecule has 0 aliphatic heterocycles. The largest absolute Gasteiger partial charge is 0.477 e. The number of aliphatic hydroxyl groups is 2. The Bertz CT molecular complexity index is 679. The highest BCUT2D eigenvalue weighted by Gasteiger charge is 2.22. The van der Waals surface area contributed by atoms with Crippen LogP contribution in [0.25, 0.3) is 10.1 Å². The monoisotopic (exact) mass is 326 g/mol. The van der Waals surface area contributed by atoms with E-state index in [0.29, 0.717) is 10.9 Å². The van der Waals surface area contributed by atoms with Gasteiger partial charge in [-0.3, -0.25) is 4.79 Å². The lowest BCUT2D eigenvalue weighted by atomic mass is 10.0. The zero-order chi connectivity index (χ0) is 15.6. The van der Waals surface area contributed by atoms with Gasteiger partial charge in [0, 0.05) is 17.4 Å². The summed E-state index contributed by atoms with van der Waals surface area (Å²) in [6, 6.07) is 6.60. The van der Waals surface area contributed by atoms with Gasteiger partial charge in [-0.15, -0.1) is 11.3 Å². The summed E-state index contributed by atoms with van der Waals surface area (Å²) in [5.74, 6) is -0.938. The lowest BCUT2D eigenvalue weighted by Gasteiger charge is -2.18. The Hall–Kier alpha value is -1.41. The molecule has 1 aromatic heterocycles. The van der Waals surface area contributed by atoms with Crippen molar-refractivity contribution in [1.82, 2.24) is 0 Å². The Labute approximate surface area is 129 Å². The minimum absolute atomic E-state index is 0.0861. The highest BCUT2D eigenvalue weighted by atomic mass is 32.2. The number of aliphatic hydroxyl groups excluding tert-OH is 2. The number of fused-ring (bicyclic) bond motifs is 1. The Morgan fingerprint density at radius 3 is 2.67 bits per heavy atom. The van der Waals surface area contributed by atoms with Gasteiger partial charge in [0.15, 0.2) is 5.12 Å². The molecule has 0 aliphatic rings. The van der Waals surface area contributed by atoms with E-state index in [1.54, 1.807) is 18.2 Å². The van der Waals surface area contributed by atoms with Crippen molar-refractivity contribution in [2.24, 2.45) is 0 Å². The molecule has 0 spiro atoms. The van der Waals surface area contributed by atoms with E-state index in [4.69, 9.17) is 5.11 Å². The number of thioether (sulfide) groups is 1. The molecule has 1 heterocycles. The van der Waals surface area contributed by atoms with Crippen molar-refractivity contribution in [2.75, 3.05) is 5.75 Å². The SMILES string of the molecule is CC(=O)SCC(O)C(O)c1cccc2sc(C(=O)O)cc12. The molecule has 0 bridgehead atoms.